The van der Waals surface area contributed by atoms with Crippen LogP contribution in [0.3, 0.4) is 0 Å². The van der Waals surface area contributed by atoms with E-state index in [0.717, 1.165) is 24.3 Å². The van der Waals surface area contributed by atoms with Crippen LogP contribution in [0.1, 0.15) is 38.5 Å². The summed E-state index contributed by atoms with van der Waals surface area (Å²) < 4.78 is 5.22. The number of nitrogens with one attached hydrogen (secondary N) is 1. The SMILES string of the molecule is COc1ncccc1NC(=O)N(C)CC12CC3CC(CC(C3)C1)C2. The summed E-state index contributed by atoms with van der Waals surface area (Å²) in [6.07, 6.45) is 9.90. The first-order chi connectivity index (χ1) is 11.6. The third-order valence-corrected chi connectivity index (χ3v) is 6.29. The highest BCUT2D eigenvalue weighted by Crippen LogP contribution is 2.60. The van der Waals surface area contributed by atoms with Crippen molar-refractivity contribution >= 4 is 11.7 Å². The van der Waals surface area contributed by atoms with Gasteiger partial charge in [0.1, 0.15) is 5.69 Å². The molecule has 4 aliphatic rings. The molecule has 4 fully saturated rings. The summed E-state index contributed by atoms with van der Waals surface area (Å²) in [5.74, 6) is 3.18. The van der Waals surface area contributed by atoms with E-state index in [2.05, 4.69) is 10.3 Å². The Morgan fingerprint density at radius 3 is 2.50 bits per heavy atom. The van der Waals surface area contributed by atoms with Crippen molar-refractivity contribution in [2.24, 2.45) is 23.2 Å². The van der Waals surface area contributed by atoms with Gasteiger partial charge in [-0.25, -0.2) is 9.78 Å². The molecule has 0 unspecified atom stereocenters. The molecule has 5 heteroatoms. The largest absolute Gasteiger partial charge is 0.480 e. The fraction of sp³-hybridized carbons (Fsp3) is 0.684. The van der Waals surface area contributed by atoms with Gasteiger partial charge >= 0.3 is 6.03 Å². The summed E-state index contributed by atoms with van der Waals surface area (Å²) in [7, 11) is 3.48. The van der Waals surface area contributed by atoms with Crippen LogP contribution in [0.5, 0.6) is 5.88 Å². The number of rotatable bonds is 4. The van der Waals surface area contributed by atoms with Gasteiger partial charge in [-0.05, 0) is 73.8 Å². The summed E-state index contributed by atoms with van der Waals surface area (Å²) in [5, 5.41) is 2.94. The Bertz CT molecular complexity index is 596. The molecule has 1 aromatic rings. The highest BCUT2D eigenvalue weighted by Gasteiger charge is 2.51. The van der Waals surface area contributed by atoms with Gasteiger partial charge in [-0.15, -0.1) is 0 Å². The van der Waals surface area contributed by atoms with Crippen molar-refractivity contribution in [1.82, 2.24) is 9.88 Å². The maximum absolute atomic E-state index is 12.6. The molecule has 0 aromatic carbocycles. The molecule has 0 spiro atoms. The lowest BCUT2D eigenvalue weighted by molar-refractivity contribution is -0.0611. The zero-order valence-corrected chi connectivity index (χ0v) is 14.6. The number of urea groups is 1. The van der Waals surface area contributed by atoms with Crippen molar-refractivity contribution in [2.75, 3.05) is 26.0 Å². The van der Waals surface area contributed by atoms with E-state index >= 15 is 0 Å². The van der Waals surface area contributed by atoms with Crippen LogP contribution in [-0.2, 0) is 0 Å². The Labute approximate surface area is 143 Å². The van der Waals surface area contributed by atoms with Gasteiger partial charge < -0.3 is 15.0 Å². The first-order valence-electron chi connectivity index (χ1n) is 9.08. The van der Waals surface area contributed by atoms with Crippen LogP contribution in [0.15, 0.2) is 18.3 Å². The molecule has 0 radical (unpaired) electrons. The first kappa shape index (κ1) is 15.7. The molecule has 130 valence electrons. The molecule has 0 aliphatic heterocycles. The number of pyridine rings is 1. The van der Waals surface area contributed by atoms with E-state index in [1.54, 1.807) is 19.4 Å². The Morgan fingerprint density at radius 1 is 1.29 bits per heavy atom. The number of aromatic nitrogens is 1. The van der Waals surface area contributed by atoms with Gasteiger partial charge in [0.15, 0.2) is 0 Å². The number of nitrogens with zero attached hydrogens (tertiary/aromatic N) is 2. The number of anilines is 1. The normalized spacial score (nSPS) is 33.3. The number of hydrogen-bond acceptors (Lipinski definition) is 3. The van der Waals surface area contributed by atoms with Crippen LogP contribution in [0.2, 0.25) is 0 Å². The van der Waals surface area contributed by atoms with Crippen LogP contribution >= 0.6 is 0 Å². The average Bonchev–Trinajstić information content (AvgIpc) is 2.53. The van der Waals surface area contributed by atoms with Crippen LogP contribution in [0.25, 0.3) is 0 Å². The summed E-state index contributed by atoms with van der Waals surface area (Å²) in [6, 6.07) is 3.55. The Morgan fingerprint density at radius 2 is 1.92 bits per heavy atom. The van der Waals surface area contributed by atoms with E-state index in [-0.39, 0.29) is 6.03 Å². The predicted molar refractivity (Wildman–Crippen MR) is 93.0 cm³/mol. The fourth-order valence-electron chi connectivity index (χ4n) is 5.92. The molecule has 4 saturated carbocycles. The number of amides is 2. The third-order valence-electron chi connectivity index (χ3n) is 6.29. The molecule has 1 N–H and O–H groups in total. The maximum Gasteiger partial charge on any atom is 0.321 e. The molecule has 0 atom stereocenters. The minimum atomic E-state index is -0.0722. The predicted octanol–water partition coefficient (Wildman–Crippen LogP) is 3.77. The van der Waals surface area contributed by atoms with E-state index < -0.39 is 0 Å². The minimum absolute atomic E-state index is 0.0722. The van der Waals surface area contributed by atoms with Gasteiger partial charge in [-0.2, -0.15) is 0 Å². The van der Waals surface area contributed by atoms with Gasteiger partial charge in [0.05, 0.1) is 7.11 Å². The summed E-state index contributed by atoms with van der Waals surface area (Å²) in [6.45, 7) is 0.866. The van der Waals surface area contributed by atoms with Gasteiger partial charge in [-0.1, -0.05) is 0 Å². The second-order valence-electron chi connectivity index (χ2n) is 8.26. The molecule has 5 nitrogen and oxygen atoms in total. The number of carbonyl (C=O) groups excluding carboxylic acids is 1. The molecule has 2 amide bonds. The lowest BCUT2D eigenvalue weighted by atomic mass is 9.49. The highest BCUT2D eigenvalue weighted by atomic mass is 16.5. The fourth-order valence-corrected chi connectivity index (χ4v) is 5.92. The number of methoxy groups -OCH3 is 1. The van der Waals surface area contributed by atoms with Crippen LogP contribution in [0.4, 0.5) is 10.5 Å². The zero-order chi connectivity index (χ0) is 16.7. The summed E-state index contributed by atoms with van der Waals surface area (Å²) in [4.78, 5) is 18.6. The van der Waals surface area contributed by atoms with Crippen molar-refractivity contribution in [2.45, 2.75) is 38.5 Å². The van der Waals surface area contributed by atoms with E-state index in [1.165, 1.54) is 38.5 Å². The molecular formula is C19H27N3O2. The Kier molecular flexibility index (Phi) is 3.89. The number of ether oxygens (including phenoxy) is 1. The first-order valence-corrected chi connectivity index (χ1v) is 9.08. The second kappa shape index (κ2) is 5.94. The zero-order valence-electron chi connectivity index (χ0n) is 14.6. The monoisotopic (exact) mass is 329 g/mol. The highest BCUT2D eigenvalue weighted by molar-refractivity contribution is 5.90. The average molecular weight is 329 g/mol. The van der Waals surface area contributed by atoms with Crippen molar-refractivity contribution in [3.05, 3.63) is 18.3 Å². The summed E-state index contributed by atoms with van der Waals surface area (Å²) >= 11 is 0. The third kappa shape index (κ3) is 2.85. The molecule has 24 heavy (non-hydrogen) atoms. The van der Waals surface area contributed by atoms with Crippen molar-refractivity contribution < 1.29 is 9.53 Å². The molecule has 1 heterocycles. The molecule has 0 saturated heterocycles. The van der Waals surface area contributed by atoms with E-state index in [4.69, 9.17) is 4.74 Å². The molecular weight excluding hydrogens is 302 g/mol. The lowest BCUT2D eigenvalue weighted by Crippen LogP contribution is -2.52. The van der Waals surface area contributed by atoms with Crippen LogP contribution in [-0.4, -0.2) is 36.6 Å². The number of hydrogen-bond donors (Lipinski definition) is 1. The van der Waals surface area contributed by atoms with Crippen LogP contribution in [0, 0.1) is 23.2 Å². The van der Waals surface area contributed by atoms with Crippen LogP contribution < -0.4 is 10.1 Å². The lowest BCUT2D eigenvalue weighted by Gasteiger charge is -2.57. The standard InChI is InChI=1S/C19H27N3O2/c1-22(18(23)21-16-4-3-5-20-17(16)24-2)12-19-9-13-6-14(10-19)8-15(7-13)11-19/h3-5,13-15H,6-12H2,1-2H3,(H,21,23). The second-order valence-corrected chi connectivity index (χ2v) is 8.26. The Hall–Kier alpha value is -1.78. The van der Waals surface area contributed by atoms with Gasteiger partial charge in [-0.3, -0.25) is 0 Å². The minimum Gasteiger partial charge on any atom is -0.480 e. The topological polar surface area (TPSA) is 54.5 Å². The maximum atomic E-state index is 12.6. The molecule has 4 aliphatic carbocycles. The smallest absolute Gasteiger partial charge is 0.321 e. The van der Waals surface area contributed by atoms with E-state index in [1.807, 2.05) is 18.0 Å². The molecule has 4 bridgehead atoms. The molecule has 5 rings (SSSR count). The van der Waals surface area contributed by atoms with Gasteiger partial charge in [0.2, 0.25) is 5.88 Å². The van der Waals surface area contributed by atoms with Gasteiger partial charge in [0, 0.05) is 19.8 Å². The van der Waals surface area contributed by atoms with E-state index in [0.29, 0.717) is 17.0 Å². The number of carbonyl (C=O) groups is 1. The summed E-state index contributed by atoms with van der Waals surface area (Å²) in [5.41, 5.74) is 0.988. The quantitative estimate of drug-likeness (QED) is 0.915. The molecule has 1 aromatic heterocycles. The Balaban J connectivity index is 1.42. The van der Waals surface area contributed by atoms with E-state index in [9.17, 15) is 4.79 Å². The van der Waals surface area contributed by atoms with Crippen molar-refractivity contribution in [3.63, 3.8) is 0 Å². The van der Waals surface area contributed by atoms with Crippen molar-refractivity contribution in [3.8, 4) is 5.88 Å². The van der Waals surface area contributed by atoms with Gasteiger partial charge in [0.25, 0.3) is 0 Å². The van der Waals surface area contributed by atoms with Crippen molar-refractivity contribution in [1.29, 1.82) is 0 Å².